The summed E-state index contributed by atoms with van der Waals surface area (Å²) in [5.41, 5.74) is 1.14. The molecule has 1 fully saturated rings. The minimum atomic E-state index is 0.605. The number of furan rings is 1. The standard InChI is InChI=1S/C15H25NO3/c1-3-6-17-7-8-18-11-13-9-15(19-12(13)2)10-16-14-4-5-14/h9,14,16H,3-8,10-11H2,1-2H3. The van der Waals surface area contributed by atoms with Gasteiger partial charge in [0, 0.05) is 18.2 Å². The van der Waals surface area contributed by atoms with E-state index in [9.17, 15) is 0 Å². The van der Waals surface area contributed by atoms with Crippen molar-refractivity contribution in [2.45, 2.75) is 52.3 Å². The van der Waals surface area contributed by atoms with Crippen LogP contribution in [0.3, 0.4) is 0 Å². The molecule has 0 spiro atoms. The van der Waals surface area contributed by atoms with E-state index < -0.39 is 0 Å². The highest BCUT2D eigenvalue weighted by atomic mass is 16.5. The highest BCUT2D eigenvalue weighted by molar-refractivity contribution is 5.20. The Hall–Kier alpha value is -0.840. The number of nitrogens with one attached hydrogen (secondary N) is 1. The van der Waals surface area contributed by atoms with Gasteiger partial charge in [-0.05, 0) is 32.3 Å². The van der Waals surface area contributed by atoms with Crippen molar-refractivity contribution in [1.29, 1.82) is 0 Å². The molecule has 1 heterocycles. The number of hydrogen-bond acceptors (Lipinski definition) is 4. The zero-order chi connectivity index (χ0) is 13.5. The molecule has 108 valence electrons. The van der Waals surface area contributed by atoms with Crippen molar-refractivity contribution < 1.29 is 13.9 Å². The third-order valence-electron chi connectivity index (χ3n) is 3.19. The van der Waals surface area contributed by atoms with Gasteiger partial charge in [0.1, 0.15) is 11.5 Å². The van der Waals surface area contributed by atoms with Crippen LogP contribution >= 0.6 is 0 Å². The summed E-state index contributed by atoms with van der Waals surface area (Å²) in [5.74, 6) is 1.97. The highest BCUT2D eigenvalue weighted by Gasteiger charge is 2.20. The molecule has 0 bridgehead atoms. The third-order valence-corrected chi connectivity index (χ3v) is 3.19. The zero-order valence-corrected chi connectivity index (χ0v) is 12.0. The second-order valence-electron chi connectivity index (χ2n) is 5.11. The molecular weight excluding hydrogens is 242 g/mol. The summed E-state index contributed by atoms with van der Waals surface area (Å²) in [6, 6.07) is 2.80. The van der Waals surface area contributed by atoms with Crippen LogP contribution in [0.1, 0.15) is 43.3 Å². The number of rotatable bonds is 10. The molecule has 1 aliphatic rings. The normalized spacial score (nSPS) is 15.1. The van der Waals surface area contributed by atoms with Crippen molar-refractivity contribution in [3.05, 3.63) is 23.2 Å². The van der Waals surface area contributed by atoms with Gasteiger partial charge in [-0.25, -0.2) is 0 Å². The molecule has 0 radical (unpaired) electrons. The molecule has 0 aromatic carbocycles. The van der Waals surface area contributed by atoms with Crippen LogP contribution in [-0.4, -0.2) is 25.9 Å². The number of ether oxygens (including phenoxy) is 2. The maximum atomic E-state index is 5.71. The third kappa shape index (κ3) is 5.35. The van der Waals surface area contributed by atoms with Crippen molar-refractivity contribution in [3.8, 4) is 0 Å². The van der Waals surface area contributed by atoms with Crippen LogP contribution in [-0.2, 0) is 22.6 Å². The van der Waals surface area contributed by atoms with E-state index >= 15 is 0 Å². The minimum Gasteiger partial charge on any atom is -0.465 e. The second kappa shape index (κ2) is 7.68. The molecule has 1 aromatic heterocycles. The molecule has 4 heteroatoms. The maximum absolute atomic E-state index is 5.71. The monoisotopic (exact) mass is 267 g/mol. The first-order valence-corrected chi connectivity index (χ1v) is 7.26. The lowest BCUT2D eigenvalue weighted by Gasteiger charge is -2.03. The van der Waals surface area contributed by atoms with Crippen LogP contribution in [0.5, 0.6) is 0 Å². The van der Waals surface area contributed by atoms with E-state index in [2.05, 4.69) is 18.3 Å². The summed E-state index contributed by atoms with van der Waals surface area (Å²) in [6.45, 7) is 7.64. The van der Waals surface area contributed by atoms with Crippen molar-refractivity contribution in [2.75, 3.05) is 19.8 Å². The average molecular weight is 267 g/mol. The Labute approximate surface area is 115 Å². The molecule has 1 aromatic rings. The largest absolute Gasteiger partial charge is 0.465 e. The summed E-state index contributed by atoms with van der Waals surface area (Å²) >= 11 is 0. The molecule has 2 rings (SSSR count). The molecule has 1 aliphatic carbocycles. The minimum absolute atomic E-state index is 0.605. The maximum Gasteiger partial charge on any atom is 0.118 e. The molecule has 0 aliphatic heterocycles. The molecule has 0 saturated heterocycles. The smallest absolute Gasteiger partial charge is 0.118 e. The number of hydrogen-bond donors (Lipinski definition) is 1. The molecule has 1 N–H and O–H groups in total. The Morgan fingerprint density at radius 1 is 1.26 bits per heavy atom. The van der Waals surface area contributed by atoms with Gasteiger partial charge in [0.25, 0.3) is 0 Å². The van der Waals surface area contributed by atoms with E-state index in [1.807, 2.05) is 6.92 Å². The first-order valence-electron chi connectivity index (χ1n) is 7.26. The van der Waals surface area contributed by atoms with Gasteiger partial charge in [-0.2, -0.15) is 0 Å². The van der Waals surface area contributed by atoms with Gasteiger partial charge in [0.2, 0.25) is 0 Å². The van der Waals surface area contributed by atoms with Crippen LogP contribution in [0, 0.1) is 6.92 Å². The summed E-state index contributed by atoms with van der Waals surface area (Å²) in [5, 5.41) is 3.45. The van der Waals surface area contributed by atoms with Crippen LogP contribution in [0.15, 0.2) is 10.5 Å². The van der Waals surface area contributed by atoms with Crippen LogP contribution in [0.4, 0.5) is 0 Å². The van der Waals surface area contributed by atoms with Crippen molar-refractivity contribution in [2.24, 2.45) is 0 Å². The summed E-state index contributed by atoms with van der Waals surface area (Å²) in [4.78, 5) is 0. The molecule has 4 nitrogen and oxygen atoms in total. The second-order valence-corrected chi connectivity index (χ2v) is 5.11. The summed E-state index contributed by atoms with van der Waals surface area (Å²) in [6.07, 6.45) is 3.65. The molecule has 0 unspecified atom stereocenters. The Morgan fingerprint density at radius 3 is 2.79 bits per heavy atom. The fourth-order valence-electron chi connectivity index (χ4n) is 1.90. The van der Waals surface area contributed by atoms with Crippen LogP contribution < -0.4 is 5.32 Å². The zero-order valence-electron chi connectivity index (χ0n) is 12.0. The van der Waals surface area contributed by atoms with E-state index in [1.54, 1.807) is 0 Å². The van der Waals surface area contributed by atoms with Crippen LogP contribution in [0.25, 0.3) is 0 Å². The first kappa shape index (κ1) is 14.6. The Kier molecular flexibility index (Phi) is 5.89. The van der Waals surface area contributed by atoms with Crippen molar-refractivity contribution >= 4 is 0 Å². The Balaban J connectivity index is 1.64. The summed E-state index contributed by atoms with van der Waals surface area (Å²) in [7, 11) is 0. The number of aryl methyl sites for hydroxylation is 1. The van der Waals surface area contributed by atoms with Gasteiger partial charge in [-0.15, -0.1) is 0 Å². The van der Waals surface area contributed by atoms with E-state index in [-0.39, 0.29) is 0 Å². The lowest BCUT2D eigenvalue weighted by molar-refractivity contribution is 0.0405. The predicted octanol–water partition coefficient (Wildman–Crippen LogP) is 2.78. The van der Waals surface area contributed by atoms with E-state index in [4.69, 9.17) is 13.9 Å². The Morgan fingerprint density at radius 2 is 2.05 bits per heavy atom. The SMILES string of the molecule is CCCOCCOCc1cc(CNC2CC2)oc1C. The molecular formula is C15H25NO3. The van der Waals surface area contributed by atoms with Gasteiger partial charge in [-0.3, -0.25) is 0 Å². The topological polar surface area (TPSA) is 43.6 Å². The highest BCUT2D eigenvalue weighted by Crippen LogP contribution is 2.21. The predicted molar refractivity (Wildman–Crippen MR) is 74.1 cm³/mol. The van der Waals surface area contributed by atoms with E-state index in [0.717, 1.165) is 36.7 Å². The van der Waals surface area contributed by atoms with Gasteiger partial charge >= 0.3 is 0 Å². The fourth-order valence-corrected chi connectivity index (χ4v) is 1.90. The lowest BCUT2D eigenvalue weighted by Crippen LogP contribution is -2.14. The molecule has 19 heavy (non-hydrogen) atoms. The molecule has 1 saturated carbocycles. The van der Waals surface area contributed by atoms with Crippen LogP contribution in [0.2, 0.25) is 0 Å². The van der Waals surface area contributed by atoms with E-state index in [0.29, 0.717) is 25.9 Å². The lowest BCUT2D eigenvalue weighted by atomic mass is 10.2. The van der Waals surface area contributed by atoms with Crippen molar-refractivity contribution in [1.82, 2.24) is 5.32 Å². The fraction of sp³-hybridized carbons (Fsp3) is 0.733. The quantitative estimate of drug-likeness (QED) is 0.662. The average Bonchev–Trinajstić information content (AvgIpc) is 3.16. The van der Waals surface area contributed by atoms with Gasteiger partial charge in [-0.1, -0.05) is 6.92 Å². The van der Waals surface area contributed by atoms with Crippen molar-refractivity contribution in [3.63, 3.8) is 0 Å². The molecule has 0 atom stereocenters. The van der Waals surface area contributed by atoms with Gasteiger partial charge in [0.15, 0.2) is 0 Å². The van der Waals surface area contributed by atoms with Gasteiger partial charge in [0.05, 0.1) is 26.4 Å². The Bertz CT molecular complexity index is 371. The molecule has 0 amide bonds. The first-order chi connectivity index (χ1) is 9.29. The van der Waals surface area contributed by atoms with E-state index in [1.165, 1.54) is 12.8 Å². The van der Waals surface area contributed by atoms with Gasteiger partial charge < -0.3 is 19.2 Å². The summed E-state index contributed by atoms with van der Waals surface area (Å²) < 4.78 is 16.7.